The van der Waals surface area contributed by atoms with E-state index in [4.69, 9.17) is 29.2 Å². The SMILES string of the molecule is C=CC(=O)OC(C)COC(=O)CCC(=O)OCC(C)OC(=O)c1ccc(C(=O)O)c(C(=O)O)c1. The molecule has 0 radical (unpaired) electrons. The second kappa shape index (κ2) is 13.4. The second-order valence-corrected chi connectivity index (χ2v) is 6.90. The van der Waals surface area contributed by atoms with E-state index in [2.05, 4.69) is 6.58 Å². The predicted octanol–water partition coefficient (Wildman–Crippen LogP) is 1.61. The molecule has 1 rings (SSSR count). The van der Waals surface area contributed by atoms with Crippen LogP contribution in [-0.4, -0.2) is 71.5 Å². The van der Waals surface area contributed by atoms with Crippen LogP contribution in [0.2, 0.25) is 0 Å². The molecule has 0 heterocycles. The van der Waals surface area contributed by atoms with E-state index in [1.54, 1.807) is 0 Å². The molecule has 0 bridgehead atoms. The second-order valence-electron chi connectivity index (χ2n) is 6.90. The van der Waals surface area contributed by atoms with Gasteiger partial charge in [0.15, 0.2) is 0 Å². The summed E-state index contributed by atoms with van der Waals surface area (Å²) in [5.74, 6) is -6.08. The summed E-state index contributed by atoms with van der Waals surface area (Å²) in [6, 6.07) is 2.94. The number of hydrogen-bond acceptors (Lipinski definition) is 10. The highest BCUT2D eigenvalue weighted by Gasteiger charge is 2.21. The van der Waals surface area contributed by atoms with Crippen LogP contribution in [0.3, 0.4) is 0 Å². The molecule has 0 aliphatic rings. The minimum Gasteiger partial charge on any atom is -0.478 e. The largest absolute Gasteiger partial charge is 0.478 e. The standard InChI is InChI=1S/C22H24O12/c1-4-17(23)33-12(2)10-31-18(24)7-8-19(25)32-11-13(3)34-22(30)14-5-6-15(20(26)27)16(9-14)21(28)29/h4-6,9,12-13H,1,7-8,10-11H2,2-3H3,(H,26,27)(H,28,29). The van der Waals surface area contributed by atoms with Gasteiger partial charge in [0.05, 0.1) is 29.5 Å². The molecule has 2 N–H and O–H groups in total. The van der Waals surface area contributed by atoms with Crippen LogP contribution in [0.4, 0.5) is 0 Å². The number of carboxylic acids is 2. The van der Waals surface area contributed by atoms with Gasteiger partial charge in [-0.1, -0.05) is 6.58 Å². The summed E-state index contributed by atoms with van der Waals surface area (Å²) >= 11 is 0. The third-order valence-electron chi connectivity index (χ3n) is 4.00. The number of rotatable bonds is 13. The van der Waals surface area contributed by atoms with Crippen molar-refractivity contribution in [2.75, 3.05) is 13.2 Å². The molecular formula is C22H24O12. The Bertz CT molecular complexity index is 965. The zero-order chi connectivity index (χ0) is 25.8. The summed E-state index contributed by atoms with van der Waals surface area (Å²) in [5, 5.41) is 18.1. The first-order valence-corrected chi connectivity index (χ1v) is 9.90. The summed E-state index contributed by atoms with van der Waals surface area (Å²) in [7, 11) is 0. The fourth-order valence-electron chi connectivity index (χ4n) is 2.37. The summed E-state index contributed by atoms with van der Waals surface area (Å²) in [6.45, 7) is 5.62. The van der Waals surface area contributed by atoms with Crippen molar-refractivity contribution in [1.82, 2.24) is 0 Å². The fourth-order valence-corrected chi connectivity index (χ4v) is 2.37. The van der Waals surface area contributed by atoms with Gasteiger partial charge in [0.25, 0.3) is 0 Å². The highest BCUT2D eigenvalue weighted by molar-refractivity contribution is 6.03. The molecule has 12 heteroatoms. The molecule has 0 aromatic heterocycles. The van der Waals surface area contributed by atoms with Crippen molar-refractivity contribution < 1.29 is 57.9 Å². The number of hydrogen-bond donors (Lipinski definition) is 2. The lowest BCUT2D eigenvalue weighted by atomic mass is 10.0. The number of benzene rings is 1. The van der Waals surface area contributed by atoms with Gasteiger partial charge in [0.1, 0.15) is 25.4 Å². The van der Waals surface area contributed by atoms with Crippen molar-refractivity contribution in [2.24, 2.45) is 0 Å². The first kappa shape index (κ1) is 27.8. The normalized spacial score (nSPS) is 11.9. The lowest BCUT2D eigenvalue weighted by Crippen LogP contribution is -2.24. The van der Waals surface area contributed by atoms with Crippen molar-refractivity contribution in [2.45, 2.75) is 38.9 Å². The van der Waals surface area contributed by atoms with Crippen molar-refractivity contribution in [1.29, 1.82) is 0 Å². The summed E-state index contributed by atoms with van der Waals surface area (Å²) in [4.78, 5) is 68.9. The molecule has 12 nitrogen and oxygen atoms in total. The van der Waals surface area contributed by atoms with Crippen molar-refractivity contribution in [3.05, 3.63) is 47.5 Å². The van der Waals surface area contributed by atoms with E-state index in [1.807, 2.05) is 0 Å². The number of aromatic carboxylic acids is 2. The molecule has 0 saturated heterocycles. The number of ether oxygens (including phenoxy) is 4. The molecule has 0 fully saturated rings. The van der Waals surface area contributed by atoms with E-state index >= 15 is 0 Å². The minimum atomic E-state index is -1.53. The summed E-state index contributed by atoms with van der Waals surface area (Å²) in [6.07, 6.45) is -1.24. The lowest BCUT2D eigenvalue weighted by molar-refractivity contribution is -0.156. The Kier molecular flexibility index (Phi) is 10.9. The monoisotopic (exact) mass is 480 g/mol. The van der Waals surface area contributed by atoms with Gasteiger partial charge in [-0.2, -0.15) is 0 Å². The average Bonchev–Trinajstić information content (AvgIpc) is 2.79. The number of carboxylic acid groups (broad SMARTS) is 2. The lowest BCUT2D eigenvalue weighted by Gasteiger charge is -2.14. The van der Waals surface area contributed by atoms with E-state index in [0.29, 0.717) is 0 Å². The Morgan fingerprint density at radius 2 is 1.35 bits per heavy atom. The zero-order valence-electron chi connectivity index (χ0n) is 18.5. The zero-order valence-corrected chi connectivity index (χ0v) is 18.5. The van der Waals surface area contributed by atoms with Gasteiger partial charge in [-0.15, -0.1) is 0 Å². The molecule has 0 aliphatic heterocycles. The van der Waals surface area contributed by atoms with Gasteiger partial charge in [-0.3, -0.25) is 9.59 Å². The molecule has 1 aromatic carbocycles. The van der Waals surface area contributed by atoms with Crippen LogP contribution in [0, 0.1) is 0 Å². The van der Waals surface area contributed by atoms with Crippen LogP contribution in [-0.2, 0) is 33.3 Å². The third-order valence-corrected chi connectivity index (χ3v) is 4.00. The van der Waals surface area contributed by atoms with E-state index in [0.717, 1.165) is 24.3 Å². The van der Waals surface area contributed by atoms with Crippen molar-refractivity contribution in [3.63, 3.8) is 0 Å². The van der Waals surface area contributed by atoms with Crippen LogP contribution in [0.15, 0.2) is 30.9 Å². The maximum Gasteiger partial charge on any atom is 0.338 e. The Labute approximate surface area is 194 Å². The molecule has 2 atom stereocenters. The molecule has 0 saturated carbocycles. The molecule has 0 aliphatic carbocycles. The van der Waals surface area contributed by atoms with E-state index in [9.17, 15) is 28.8 Å². The first-order chi connectivity index (χ1) is 15.9. The van der Waals surface area contributed by atoms with Gasteiger partial charge < -0.3 is 29.2 Å². The molecule has 0 spiro atoms. The van der Waals surface area contributed by atoms with Crippen molar-refractivity contribution in [3.8, 4) is 0 Å². The summed E-state index contributed by atoms with van der Waals surface area (Å²) < 4.78 is 19.7. The van der Waals surface area contributed by atoms with Gasteiger partial charge in [0.2, 0.25) is 0 Å². The van der Waals surface area contributed by atoms with Crippen LogP contribution in [0.1, 0.15) is 57.8 Å². The van der Waals surface area contributed by atoms with Crippen LogP contribution in [0.25, 0.3) is 0 Å². The van der Waals surface area contributed by atoms with Gasteiger partial charge in [0, 0.05) is 6.08 Å². The highest BCUT2D eigenvalue weighted by atomic mass is 16.6. The maximum atomic E-state index is 12.2. The number of carbonyl (C=O) groups is 6. The fraction of sp³-hybridized carbons (Fsp3) is 0.364. The van der Waals surface area contributed by atoms with Gasteiger partial charge >= 0.3 is 35.8 Å². The quantitative estimate of drug-likeness (QED) is 0.237. The van der Waals surface area contributed by atoms with Crippen molar-refractivity contribution >= 4 is 35.8 Å². The van der Waals surface area contributed by atoms with E-state index in [1.165, 1.54) is 13.8 Å². The summed E-state index contributed by atoms with van der Waals surface area (Å²) in [5.41, 5.74) is -1.27. The van der Waals surface area contributed by atoms with E-state index < -0.39 is 59.2 Å². The Balaban J connectivity index is 2.44. The van der Waals surface area contributed by atoms with Crippen LogP contribution in [0.5, 0.6) is 0 Å². The Hall–Kier alpha value is -4.22. The maximum absolute atomic E-state index is 12.2. The number of esters is 4. The van der Waals surface area contributed by atoms with E-state index in [-0.39, 0.29) is 31.6 Å². The topological polar surface area (TPSA) is 180 Å². The Morgan fingerprint density at radius 3 is 1.82 bits per heavy atom. The molecule has 1 aromatic rings. The third kappa shape index (κ3) is 9.51. The molecule has 34 heavy (non-hydrogen) atoms. The Morgan fingerprint density at radius 1 is 0.853 bits per heavy atom. The van der Waals surface area contributed by atoms with Gasteiger partial charge in [-0.05, 0) is 32.0 Å². The highest BCUT2D eigenvalue weighted by Crippen LogP contribution is 2.14. The van der Waals surface area contributed by atoms with Crippen LogP contribution >= 0.6 is 0 Å². The first-order valence-electron chi connectivity index (χ1n) is 9.90. The molecule has 2 unspecified atom stereocenters. The predicted molar refractivity (Wildman–Crippen MR) is 112 cm³/mol. The molecule has 184 valence electrons. The van der Waals surface area contributed by atoms with Gasteiger partial charge in [-0.25, -0.2) is 19.2 Å². The molecule has 0 amide bonds. The minimum absolute atomic E-state index is 0.197. The molecular weight excluding hydrogens is 456 g/mol. The van der Waals surface area contributed by atoms with Crippen LogP contribution < -0.4 is 0 Å². The average molecular weight is 480 g/mol. The number of carbonyl (C=O) groups excluding carboxylic acids is 4. The smallest absolute Gasteiger partial charge is 0.338 e.